The molecule has 1 unspecified atom stereocenters. The minimum Gasteiger partial charge on any atom is -0.380 e. The predicted molar refractivity (Wildman–Crippen MR) is 73.9 cm³/mol. The summed E-state index contributed by atoms with van der Waals surface area (Å²) in [4.78, 5) is 6.64. The minimum absolute atomic E-state index is 0.370. The summed E-state index contributed by atoms with van der Waals surface area (Å²) in [7, 11) is 1.80. The summed E-state index contributed by atoms with van der Waals surface area (Å²) in [6.07, 6.45) is 6.48. The Balaban J connectivity index is 2.03. The van der Waals surface area contributed by atoms with Crippen molar-refractivity contribution in [3.05, 3.63) is 24.0 Å². The van der Waals surface area contributed by atoms with Crippen LogP contribution in [0, 0.1) is 0 Å². The predicted octanol–water partition coefficient (Wildman–Crippen LogP) is 1.81. The van der Waals surface area contributed by atoms with Gasteiger partial charge in [-0.05, 0) is 25.5 Å². The highest BCUT2D eigenvalue weighted by molar-refractivity contribution is 5.53. The maximum absolute atomic E-state index is 5.43. The number of anilines is 1. The number of ether oxygens (including phenoxy) is 1. The van der Waals surface area contributed by atoms with E-state index in [4.69, 9.17) is 4.74 Å². The number of pyridine rings is 1. The maximum Gasteiger partial charge on any atom is 0.0762 e. The van der Waals surface area contributed by atoms with Crippen molar-refractivity contribution >= 4 is 5.69 Å². The molecule has 0 amide bonds. The van der Waals surface area contributed by atoms with Gasteiger partial charge in [-0.25, -0.2) is 0 Å². The van der Waals surface area contributed by atoms with Crippen LogP contribution in [0.15, 0.2) is 18.5 Å². The van der Waals surface area contributed by atoms with E-state index in [0.29, 0.717) is 6.10 Å². The molecule has 1 aliphatic heterocycles. The molecule has 0 aliphatic carbocycles. The van der Waals surface area contributed by atoms with Gasteiger partial charge in [-0.15, -0.1) is 0 Å². The Hall–Kier alpha value is -1.13. The summed E-state index contributed by atoms with van der Waals surface area (Å²) in [5.41, 5.74) is 2.58. The van der Waals surface area contributed by atoms with Crippen LogP contribution in [0.4, 0.5) is 5.69 Å². The number of nitrogens with one attached hydrogen (secondary N) is 1. The van der Waals surface area contributed by atoms with E-state index in [-0.39, 0.29) is 0 Å². The number of hydrogen-bond acceptors (Lipinski definition) is 4. The molecule has 1 aromatic rings. The normalized spacial score (nSPS) is 19.4. The van der Waals surface area contributed by atoms with Crippen LogP contribution < -0.4 is 10.2 Å². The monoisotopic (exact) mass is 249 g/mol. The Morgan fingerprint density at radius 2 is 2.44 bits per heavy atom. The quantitative estimate of drug-likeness (QED) is 0.780. The minimum atomic E-state index is 0.370. The summed E-state index contributed by atoms with van der Waals surface area (Å²) in [5, 5.41) is 3.44. The third-order valence-electron chi connectivity index (χ3n) is 3.44. The third-order valence-corrected chi connectivity index (χ3v) is 3.44. The Morgan fingerprint density at radius 1 is 1.56 bits per heavy atom. The maximum atomic E-state index is 5.43. The SMILES string of the molecule is CCCNCc1cnccc1N1CCC(OC)C1. The standard InChI is InChI=1S/C14H23N3O/c1-3-6-15-9-12-10-16-7-4-14(12)17-8-5-13(11-17)18-2/h4,7,10,13,15H,3,5-6,8-9,11H2,1-2H3. The first-order valence-corrected chi connectivity index (χ1v) is 6.76. The molecule has 2 heterocycles. The van der Waals surface area contributed by atoms with Gasteiger partial charge in [0.2, 0.25) is 0 Å². The van der Waals surface area contributed by atoms with Crippen molar-refractivity contribution in [3.63, 3.8) is 0 Å². The van der Waals surface area contributed by atoms with Crippen molar-refractivity contribution < 1.29 is 4.74 Å². The van der Waals surface area contributed by atoms with Gasteiger partial charge >= 0.3 is 0 Å². The molecule has 0 spiro atoms. The topological polar surface area (TPSA) is 37.4 Å². The van der Waals surface area contributed by atoms with Gasteiger partial charge in [0.15, 0.2) is 0 Å². The van der Waals surface area contributed by atoms with Crippen LogP contribution in [0.1, 0.15) is 25.3 Å². The van der Waals surface area contributed by atoms with Gasteiger partial charge in [0.1, 0.15) is 0 Å². The second-order valence-corrected chi connectivity index (χ2v) is 4.77. The summed E-state index contributed by atoms with van der Waals surface area (Å²) >= 11 is 0. The lowest BCUT2D eigenvalue weighted by molar-refractivity contribution is 0.121. The van der Waals surface area contributed by atoms with E-state index < -0.39 is 0 Å². The first kappa shape index (κ1) is 13.3. The summed E-state index contributed by atoms with van der Waals surface area (Å²) in [5.74, 6) is 0. The average Bonchev–Trinajstić information content (AvgIpc) is 2.88. The van der Waals surface area contributed by atoms with Crippen LogP contribution in [0.25, 0.3) is 0 Å². The number of methoxy groups -OCH3 is 1. The molecule has 1 aliphatic rings. The summed E-state index contributed by atoms with van der Waals surface area (Å²) < 4.78 is 5.43. The van der Waals surface area contributed by atoms with Crippen molar-refractivity contribution in [2.45, 2.75) is 32.4 Å². The van der Waals surface area contributed by atoms with Crippen LogP contribution in [0.5, 0.6) is 0 Å². The van der Waals surface area contributed by atoms with Crippen molar-refractivity contribution in [2.24, 2.45) is 0 Å². The van der Waals surface area contributed by atoms with Gasteiger partial charge in [0, 0.05) is 50.4 Å². The molecule has 18 heavy (non-hydrogen) atoms. The van der Waals surface area contributed by atoms with Gasteiger partial charge < -0.3 is 15.0 Å². The Morgan fingerprint density at radius 3 is 3.17 bits per heavy atom. The highest BCUT2D eigenvalue weighted by Gasteiger charge is 2.23. The molecule has 2 rings (SSSR count). The molecule has 1 atom stereocenters. The molecule has 0 radical (unpaired) electrons. The zero-order chi connectivity index (χ0) is 12.8. The number of aromatic nitrogens is 1. The Labute approximate surface area is 109 Å². The van der Waals surface area contributed by atoms with Gasteiger partial charge in [-0.2, -0.15) is 0 Å². The van der Waals surface area contributed by atoms with Crippen LogP contribution in [0.3, 0.4) is 0 Å². The van der Waals surface area contributed by atoms with Crippen LogP contribution in [-0.4, -0.2) is 37.8 Å². The van der Waals surface area contributed by atoms with Crippen LogP contribution >= 0.6 is 0 Å². The summed E-state index contributed by atoms with van der Waals surface area (Å²) in [6.45, 7) is 6.19. The molecule has 100 valence electrons. The van der Waals surface area contributed by atoms with Crippen LogP contribution in [0.2, 0.25) is 0 Å². The molecule has 4 heteroatoms. The van der Waals surface area contributed by atoms with E-state index in [1.54, 1.807) is 7.11 Å². The van der Waals surface area contributed by atoms with Crippen molar-refractivity contribution in [2.75, 3.05) is 31.6 Å². The first-order valence-electron chi connectivity index (χ1n) is 6.76. The number of hydrogen-bond donors (Lipinski definition) is 1. The molecule has 0 saturated carbocycles. The molecule has 1 N–H and O–H groups in total. The average molecular weight is 249 g/mol. The molecule has 0 aromatic carbocycles. The van der Waals surface area contributed by atoms with E-state index in [1.165, 1.54) is 11.3 Å². The smallest absolute Gasteiger partial charge is 0.0762 e. The molecule has 1 aromatic heterocycles. The van der Waals surface area contributed by atoms with Crippen molar-refractivity contribution in [3.8, 4) is 0 Å². The molecule has 1 saturated heterocycles. The van der Waals surface area contributed by atoms with Crippen LogP contribution in [-0.2, 0) is 11.3 Å². The van der Waals surface area contributed by atoms with Gasteiger partial charge in [-0.3, -0.25) is 4.98 Å². The van der Waals surface area contributed by atoms with Crippen molar-refractivity contribution in [1.29, 1.82) is 0 Å². The fraction of sp³-hybridized carbons (Fsp3) is 0.643. The molecule has 4 nitrogen and oxygen atoms in total. The molecular weight excluding hydrogens is 226 g/mol. The lowest BCUT2D eigenvalue weighted by Gasteiger charge is -2.21. The van der Waals surface area contributed by atoms with Gasteiger partial charge in [0.05, 0.1) is 6.10 Å². The molecule has 0 bridgehead atoms. The molecule has 1 fully saturated rings. The Bertz CT molecular complexity index is 370. The lowest BCUT2D eigenvalue weighted by Crippen LogP contribution is -2.25. The number of nitrogens with zero attached hydrogens (tertiary/aromatic N) is 2. The highest BCUT2D eigenvalue weighted by atomic mass is 16.5. The first-order chi connectivity index (χ1) is 8.85. The van der Waals surface area contributed by atoms with Gasteiger partial charge in [-0.1, -0.05) is 6.92 Å². The third kappa shape index (κ3) is 3.21. The summed E-state index contributed by atoms with van der Waals surface area (Å²) in [6, 6.07) is 2.11. The van der Waals surface area contributed by atoms with Crippen molar-refractivity contribution in [1.82, 2.24) is 10.3 Å². The zero-order valence-electron chi connectivity index (χ0n) is 11.4. The van der Waals surface area contributed by atoms with E-state index >= 15 is 0 Å². The Kier molecular flexibility index (Phi) is 4.96. The van der Waals surface area contributed by atoms with E-state index in [2.05, 4.69) is 28.2 Å². The molecular formula is C14H23N3O. The fourth-order valence-corrected chi connectivity index (χ4v) is 2.40. The largest absolute Gasteiger partial charge is 0.380 e. The lowest BCUT2D eigenvalue weighted by atomic mass is 10.2. The van der Waals surface area contributed by atoms with Gasteiger partial charge in [0.25, 0.3) is 0 Å². The number of rotatable bonds is 6. The fourth-order valence-electron chi connectivity index (χ4n) is 2.40. The second kappa shape index (κ2) is 6.71. The van der Waals surface area contributed by atoms with E-state index in [0.717, 1.165) is 39.0 Å². The highest BCUT2D eigenvalue weighted by Crippen LogP contribution is 2.24. The van der Waals surface area contributed by atoms with E-state index in [9.17, 15) is 0 Å². The van der Waals surface area contributed by atoms with E-state index in [1.807, 2.05) is 12.4 Å². The zero-order valence-corrected chi connectivity index (χ0v) is 11.4. The second-order valence-electron chi connectivity index (χ2n) is 4.77.